The maximum atomic E-state index is 11.8. The van der Waals surface area contributed by atoms with Crippen molar-refractivity contribution in [1.29, 1.82) is 0 Å². The van der Waals surface area contributed by atoms with Gasteiger partial charge in [-0.3, -0.25) is 4.79 Å². The lowest BCUT2D eigenvalue weighted by molar-refractivity contribution is -0.120. The molecule has 1 aliphatic heterocycles. The molecule has 1 fully saturated rings. The molecule has 1 heterocycles. The van der Waals surface area contributed by atoms with E-state index in [1.54, 1.807) is 0 Å². The lowest BCUT2D eigenvalue weighted by atomic mass is 9.96. The zero-order chi connectivity index (χ0) is 13.5. The zero-order valence-electron chi connectivity index (χ0n) is 11.5. The molecule has 1 aliphatic rings. The highest BCUT2D eigenvalue weighted by molar-refractivity contribution is 14.1. The number of benzene rings is 1. The number of halogens is 2. The maximum Gasteiger partial charge on any atom is 0.224 e. The van der Waals surface area contributed by atoms with Crippen molar-refractivity contribution in [2.75, 3.05) is 19.6 Å². The SMILES string of the molecule is Cl.O=C(Cc1cccc(I)c1)NCCC1CCCNC1. The normalized spacial score (nSPS) is 18.1. The van der Waals surface area contributed by atoms with Gasteiger partial charge in [0, 0.05) is 10.1 Å². The molecule has 2 rings (SSSR count). The van der Waals surface area contributed by atoms with E-state index < -0.39 is 0 Å². The minimum absolute atomic E-state index is 0. The fraction of sp³-hybridized carbons (Fsp3) is 0.533. The van der Waals surface area contributed by atoms with Crippen LogP contribution in [0.3, 0.4) is 0 Å². The molecule has 1 unspecified atom stereocenters. The minimum atomic E-state index is 0. The van der Waals surface area contributed by atoms with Gasteiger partial charge in [-0.05, 0) is 78.6 Å². The van der Waals surface area contributed by atoms with Crippen molar-refractivity contribution < 1.29 is 4.79 Å². The van der Waals surface area contributed by atoms with Crippen molar-refractivity contribution in [3.05, 3.63) is 33.4 Å². The van der Waals surface area contributed by atoms with E-state index in [0.717, 1.165) is 37.5 Å². The highest BCUT2D eigenvalue weighted by Crippen LogP contribution is 2.13. The summed E-state index contributed by atoms with van der Waals surface area (Å²) in [6.45, 7) is 3.05. The molecule has 0 radical (unpaired) electrons. The van der Waals surface area contributed by atoms with Gasteiger partial charge in [0.1, 0.15) is 0 Å². The lowest BCUT2D eigenvalue weighted by Gasteiger charge is -2.22. The van der Waals surface area contributed by atoms with E-state index in [9.17, 15) is 4.79 Å². The molecule has 112 valence electrons. The van der Waals surface area contributed by atoms with E-state index in [1.165, 1.54) is 16.4 Å². The van der Waals surface area contributed by atoms with Crippen LogP contribution in [0.15, 0.2) is 24.3 Å². The van der Waals surface area contributed by atoms with Gasteiger partial charge < -0.3 is 10.6 Å². The molecule has 0 saturated carbocycles. The van der Waals surface area contributed by atoms with Crippen LogP contribution in [0.4, 0.5) is 0 Å². The number of hydrogen-bond acceptors (Lipinski definition) is 2. The number of amides is 1. The standard InChI is InChI=1S/C15H21IN2O.ClH/c16-14-5-1-3-13(9-14)10-15(19)18-8-6-12-4-2-7-17-11-12;/h1,3,5,9,12,17H,2,4,6-8,10-11H2,(H,18,19);1H. The largest absolute Gasteiger partial charge is 0.356 e. The third-order valence-electron chi connectivity index (χ3n) is 3.53. The Morgan fingerprint density at radius 3 is 3.00 bits per heavy atom. The van der Waals surface area contributed by atoms with Gasteiger partial charge in [0.2, 0.25) is 5.91 Å². The quantitative estimate of drug-likeness (QED) is 0.736. The Morgan fingerprint density at radius 1 is 1.45 bits per heavy atom. The Labute approximate surface area is 140 Å². The first kappa shape index (κ1) is 17.7. The van der Waals surface area contributed by atoms with Crippen LogP contribution in [0, 0.1) is 9.49 Å². The van der Waals surface area contributed by atoms with Crippen LogP contribution in [0.2, 0.25) is 0 Å². The molecule has 1 aromatic carbocycles. The van der Waals surface area contributed by atoms with Crippen LogP contribution in [0.1, 0.15) is 24.8 Å². The van der Waals surface area contributed by atoms with Crippen LogP contribution in [-0.2, 0) is 11.2 Å². The summed E-state index contributed by atoms with van der Waals surface area (Å²) in [5.74, 6) is 0.859. The average Bonchev–Trinajstić information content (AvgIpc) is 2.40. The van der Waals surface area contributed by atoms with Crippen LogP contribution in [0.5, 0.6) is 0 Å². The van der Waals surface area contributed by atoms with Crippen molar-refractivity contribution in [1.82, 2.24) is 10.6 Å². The number of carbonyl (C=O) groups is 1. The summed E-state index contributed by atoms with van der Waals surface area (Å²) in [6, 6.07) is 8.11. The predicted molar refractivity (Wildman–Crippen MR) is 93.3 cm³/mol. The highest BCUT2D eigenvalue weighted by atomic mass is 127. The van der Waals surface area contributed by atoms with Gasteiger partial charge in [-0.15, -0.1) is 12.4 Å². The van der Waals surface area contributed by atoms with E-state index in [4.69, 9.17) is 0 Å². The predicted octanol–water partition coefficient (Wildman–Crippen LogP) is 2.76. The molecule has 1 aromatic rings. The van der Waals surface area contributed by atoms with Gasteiger partial charge >= 0.3 is 0 Å². The van der Waals surface area contributed by atoms with Gasteiger partial charge in [0.15, 0.2) is 0 Å². The fourth-order valence-electron chi connectivity index (χ4n) is 2.48. The molecule has 5 heteroatoms. The topological polar surface area (TPSA) is 41.1 Å². The molecular weight excluding hydrogens is 387 g/mol. The maximum absolute atomic E-state index is 11.8. The van der Waals surface area contributed by atoms with Crippen LogP contribution < -0.4 is 10.6 Å². The van der Waals surface area contributed by atoms with Gasteiger partial charge in [-0.1, -0.05) is 12.1 Å². The van der Waals surface area contributed by atoms with Gasteiger partial charge in [0.25, 0.3) is 0 Å². The van der Waals surface area contributed by atoms with Crippen molar-refractivity contribution in [3.63, 3.8) is 0 Å². The summed E-state index contributed by atoms with van der Waals surface area (Å²) >= 11 is 2.27. The van der Waals surface area contributed by atoms with E-state index in [1.807, 2.05) is 18.2 Å². The zero-order valence-corrected chi connectivity index (χ0v) is 14.5. The van der Waals surface area contributed by atoms with Crippen LogP contribution in [-0.4, -0.2) is 25.5 Å². The molecule has 3 nitrogen and oxygen atoms in total. The summed E-state index contributed by atoms with van der Waals surface area (Å²) in [5, 5.41) is 6.43. The molecule has 0 aromatic heterocycles. The number of piperidine rings is 1. The summed E-state index contributed by atoms with van der Waals surface area (Å²) in [4.78, 5) is 11.8. The lowest BCUT2D eigenvalue weighted by Crippen LogP contribution is -2.33. The van der Waals surface area contributed by atoms with Gasteiger partial charge in [0.05, 0.1) is 6.42 Å². The Morgan fingerprint density at radius 2 is 2.30 bits per heavy atom. The van der Waals surface area contributed by atoms with Crippen molar-refractivity contribution in [3.8, 4) is 0 Å². The summed E-state index contributed by atoms with van der Waals surface area (Å²) < 4.78 is 1.18. The second-order valence-corrected chi connectivity index (χ2v) is 6.40. The molecule has 1 amide bonds. The Balaban J connectivity index is 0.00000200. The molecule has 0 spiro atoms. The molecule has 1 saturated heterocycles. The van der Waals surface area contributed by atoms with E-state index in [0.29, 0.717) is 6.42 Å². The molecular formula is C15H22ClIN2O. The van der Waals surface area contributed by atoms with E-state index >= 15 is 0 Å². The smallest absolute Gasteiger partial charge is 0.224 e. The fourth-order valence-corrected chi connectivity index (χ4v) is 3.09. The number of rotatable bonds is 5. The first-order valence-corrected chi connectivity index (χ1v) is 8.04. The highest BCUT2D eigenvalue weighted by Gasteiger charge is 2.12. The Kier molecular flexibility index (Phi) is 8.49. The second kappa shape index (κ2) is 9.58. The van der Waals surface area contributed by atoms with E-state index in [-0.39, 0.29) is 18.3 Å². The molecule has 2 N–H and O–H groups in total. The number of nitrogens with one attached hydrogen (secondary N) is 2. The summed E-state index contributed by atoms with van der Waals surface area (Å²) in [6.07, 6.45) is 4.13. The van der Waals surface area contributed by atoms with Crippen molar-refractivity contribution >= 4 is 40.9 Å². The minimum Gasteiger partial charge on any atom is -0.356 e. The molecule has 20 heavy (non-hydrogen) atoms. The monoisotopic (exact) mass is 408 g/mol. The van der Waals surface area contributed by atoms with Crippen LogP contribution >= 0.6 is 35.0 Å². The third-order valence-corrected chi connectivity index (χ3v) is 4.20. The van der Waals surface area contributed by atoms with Crippen LogP contribution in [0.25, 0.3) is 0 Å². The first-order chi connectivity index (χ1) is 9.24. The number of carbonyl (C=O) groups excluding carboxylic acids is 1. The second-order valence-electron chi connectivity index (χ2n) is 5.16. The third kappa shape index (κ3) is 6.41. The van der Waals surface area contributed by atoms with Gasteiger partial charge in [-0.2, -0.15) is 0 Å². The number of hydrogen-bond donors (Lipinski definition) is 2. The Hall–Kier alpha value is -0.330. The Bertz CT molecular complexity index is 422. The molecule has 0 bridgehead atoms. The summed E-state index contributed by atoms with van der Waals surface area (Å²) in [5.41, 5.74) is 1.09. The molecule has 0 aliphatic carbocycles. The average molecular weight is 409 g/mol. The molecule has 1 atom stereocenters. The van der Waals surface area contributed by atoms with Gasteiger partial charge in [-0.25, -0.2) is 0 Å². The van der Waals surface area contributed by atoms with Crippen molar-refractivity contribution in [2.24, 2.45) is 5.92 Å². The van der Waals surface area contributed by atoms with Crippen molar-refractivity contribution in [2.45, 2.75) is 25.7 Å². The van der Waals surface area contributed by atoms with E-state index in [2.05, 4.69) is 39.3 Å². The summed E-state index contributed by atoms with van der Waals surface area (Å²) in [7, 11) is 0. The first-order valence-electron chi connectivity index (χ1n) is 6.96.